The number of amides is 2. The van der Waals surface area contributed by atoms with E-state index in [9.17, 15) is 9.59 Å². The smallest absolute Gasteiger partial charge is 0.249 e. The van der Waals surface area contributed by atoms with Gasteiger partial charge in [0, 0.05) is 11.5 Å². The highest BCUT2D eigenvalue weighted by atomic mass is 32.1. The molecule has 0 radical (unpaired) electrons. The van der Waals surface area contributed by atoms with Crippen molar-refractivity contribution in [3.8, 4) is 16.3 Å². The monoisotopic (exact) mass is 376 g/mol. The lowest BCUT2D eigenvalue weighted by molar-refractivity contribution is -0.129. The summed E-state index contributed by atoms with van der Waals surface area (Å²) in [5.74, 6) is 0.0174. The number of benzene rings is 1. The van der Waals surface area contributed by atoms with Gasteiger partial charge in [0.1, 0.15) is 16.8 Å². The van der Waals surface area contributed by atoms with Crippen molar-refractivity contribution >= 4 is 28.3 Å². The molecular weight excluding hydrogens is 352 g/mol. The van der Waals surface area contributed by atoms with Gasteiger partial charge in [0.05, 0.1) is 7.11 Å². The molecule has 0 spiro atoms. The molecule has 140 valence electrons. The van der Waals surface area contributed by atoms with Crippen molar-refractivity contribution in [2.75, 3.05) is 12.4 Å². The van der Waals surface area contributed by atoms with Gasteiger partial charge in [0.2, 0.25) is 16.9 Å². The fourth-order valence-corrected chi connectivity index (χ4v) is 2.93. The van der Waals surface area contributed by atoms with Crippen molar-refractivity contribution in [2.24, 2.45) is 11.8 Å². The Morgan fingerprint density at radius 1 is 1.12 bits per heavy atom. The number of nitrogens with zero attached hydrogens (tertiary/aromatic N) is 2. The maximum Gasteiger partial charge on any atom is 0.249 e. The fourth-order valence-electron chi connectivity index (χ4n) is 2.18. The van der Waals surface area contributed by atoms with Gasteiger partial charge in [-0.2, -0.15) is 0 Å². The average Bonchev–Trinajstić information content (AvgIpc) is 3.07. The zero-order chi connectivity index (χ0) is 19.3. The Labute approximate surface area is 157 Å². The predicted molar refractivity (Wildman–Crippen MR) is 102 cm³/mol. The summed E-state index contributed by atoms with van der Waals surface area (Å²) in [7, 11) is 1.60. The lowest BCUT2D eigenvalue weighted by Gasteiger charge is -2.21. The van der Waals surface area contributed by atoms with Crippen molar-refractivity contribution in [3.63, 3.8) is 0 Å². The van der Waals surface area contributed by atoms with E-state index in [0.717, 1.165) is 11.3 Å². The number of ether oxygens (including phenoxy) is 1. The summed E-state index contributed by atoms with van der Waals surface area (Å²) in [4.78, 5) is 24.5. The first-order valence-electron chi connectivity index (χ1n) is 8.41. The van der Waals surface area contributed by atoms with E-state index < -0.39 is 6.04 Å². The van der Waals surface area contributed by atoms with Crippen LogP contribution in [-0.4, -0.2) is 35.2 Å². The Morgan fingerprint density at radius 2 is 1.85 bits per heavy atom. The van der Waals surface area contributed by atoms with Gasteiger partial charge < -0.3 is 10.1 Å². The largest absolute Gasteiger partial charge is 0.497 e. The lowest BCUT2D eigenvalue weighted by Crippen LogP contribution is -2.48. The molecule has 0 bridgehead atoms. The van der Waals surface area contributed by atoms with Gasteiger partial charge in [-0.05, 0) is 18.1 Å². The Hall–Kier alpha value is -2.48. The molecule has 0 aliphatic carbocycles. The van der Waals surface area contributed by atoms with Crippen LogP contribution in [0, 0.1) is 11.8 Å². The van der Waals surface area contributed by atoms with Crippen LogP contribution in [0.25, 0.3) is 10.6 Å². The first kappa shape index (κ1) is 19.8. The van der Waals surface area contributed by atoms with Crippen LogP contribution in [-0.2, 0) is 9.59 Å². The number of aromatic nitrogens is 2. The van der Waals surface area contributed by atoms with Gasteiger partial charge in [0.25, 0.3) is 0 Å². The Kier molecular flexibility index (Phi) is 6.68. The van der Waals surface area contributed by atoms with Crippen LogP contribution >= 0.6 is 11.3 Å². The highest BCUT2D eigenvalue weighted by Crippen LogP contribution is 2.28. The van der Waals surface area contributed by atoms with Gasteiger partial charge in [-0.3, -0.25) is 14.9 Å². The Bertz CT molecular complexity index is 773. The van der Waals surface area contributed by atoms with Gasteiger partial charge in [-0.25, -0.2) is 0 Å². The second-order valence-electron chi connectivity index (χ2n) is 6.52. The molecule has 2 N–H and O–H groups in total. The lowest BCUT2D eigenvalue weighted by atomic mass is 10.0. The third kappa shape index (κ3) is 5.01. The van der Waals surface area contributed by atoms with E-state index in [1.165, 1.54) is 11.3 Å². The Morgan fingerprint density at radius 3 is 2.46 bits per heavy atom. The van der Waals surface area contributed by atoms with E-state index in [4.69, 9.17) is 4.74 Å². The highest BCUT2D eigenvalue weighted by molar-refractivity contribution is 7.18. The van der Waals surface area contributed by atoms with Gasteiger partial charge in [0.15, 0.2) is 0 Å². The summed E-state index contributed by atoms with van der Waals surface area (Å²) in [6.07, 6.45) is 0. The normalized spacial score (nSPS) is 12.1. The highest BCUT2D eigenvalue weighted by Gasteiger charge is 2.26. The van der Waals surface area contributed by atoms with Crippen LogP contribution in [0.5, 0.6) is 5.75 Å². The summed E-state index contributed by atoms with van der Waals surface area (Å²) >= 11 is 1.27. The van der Waals surface area contributed by atoms with E-state index in [1.54, 1.807) is 21.0 Å². The number of nitrogens with one attached hydrogen (secondary N) is 2. The summed E-state index contributed by atoms with van der Waals surface area (Å²) in [6.45, 7) is 7.34. The third-order valence-corrected chi connectivity index (χ3v) is 4.63. The van der Waals surface area contributed by atoms with E-state index in [0.29, 0.717) is 10.1 Å². The zero-order valence-corrected chi connectivity index (χ0v) is 16.4. The molecule has 0 saturated carbocycles. The summed E-state index contributed by atoms with van der Waals surface area (Å²) < 4.78 is 5.21. The van der Waals surface area contributed by atoms with Gasteiger partial charge in [-0.1, -0.05) is 51.2 Å². The second kappa shape index (κ2) is 8.75. The van der Waals surface area contributed by atoms with Gasteiger partial charge >= 0.3 is 0 Å². The third-order valence-electron chi connectivity index (χ3n) is 3.74. The topological polar surface area (TPSA) is 93.2 Å². The van der Waals surface area contributed by atoms with Gasteiger partial charge in [-0.15, -0.1) is 10.2 Å². The van der Waals surface area contributed by atoms with Crippen LogP contribution < -0.4 is 15.4 Å². The minimum atomic E-state index is -0.630. The van der Waals surface area contributed by atoms with E-state index in [-0.39, 0.29) is 23.7 Å². The molecule has 2 rings (SSSR count). The average molecular weight is 376 g/mol. The van der Waals surface area contributed by atoms with Crippen LogP contribution in [0.2, 0.25) is 0 Å². The van der Waals surface area contributed by atoms with Crippen LogP contribution in [0.4, 0.5) is 5.13 Å². The molecule has 0 fully saturated rings. The molecule has 1 heterocycles. The molecule has 8 heteroatoms. The van der Waals surface area contributed by atoms with Crippen molar-refractivity contribution in [3.05, 3.63) is 24.3 Å². The molecule has 2 amide bonds. The van der Waals surface area contributed by atoms with Crippen molar-refractivity contribution < 1.29 is 14.3 Å². The maximum atomic E-state index is 12.6. The molecule has 1 aromatic carbocycles. The Balaban J connectivity index is 2.11. The molecule has 0 unspecified atom stereocenters. The molecule has 0 saturated heterocycles. The van der Waals surface area contributed by atoms with Crippen molar-refractivity contribution in [2.45, 2.75) is 33.7 Å². The minimum absolute atomic E-state index is 0.0523. The predicted octanol–water partition coefficient (Wildman–Crippen LogP) is 2.95. The molecular formula is C18H24N4O3S. The second-order valence-corrected chi connectivity index (χ2v) is 7.50. The molecule has 1 aromatic heterocycles. The van der Waals surface area contributed by atoms with Crippen LogP contribution in [0.15, 0.2) is 24.3 Å². The number of hydrogen-bond donors (Lipinski definition) is 2. The summed E-state index contributed by atoms with van der Waals surface area (Å²) in [5, 5.41) is 14.7. The number of hydrogen-bond acceptors (Lipinski definition) is 6. The molecule has 1 atom stereocenters. The zero-order valence-electron chi connectivity index (χ0n) is 15.6. The maximum absolute atomic E-state index is 12.6. The minimum Gasteiger partial charge on any atom is -0.497 e. The van der Waals surface area contributed by atoms with Crippen molar-refractivity contribution in [1.82, 2.24) is 15.5 Å². The van der Waals surface area contributed by atoms with Crippen LogP contribution in [0.3, 0.4) is 0 Å². The first-order valence-corrected chi connectivity index (χ1v) is 9.22. The van der Waals surface area contributed by atoms with E-state index >= 15 is 0 Å². The van der Waals surface area contributed by atoms with E-state index in [2.05, 4.69) is 20.8 Å². The standard InChI is InChI=1S/C18H24N4O3S/c1-10(2)14(19-15(23)11(3)4)16(24)20-18-22-21-17(26-18)12-7-6-8-13(9-12)25-5/h6-11,14H,1-5H3,(H,19,23)(H,20,22,24)/t14-/m1/s1. The van der Waals surface area contributed by atoms with Crippen molar-refractivity contribution in [1.29, 1.82) is 0 Å². The summed E-state index contributed by atoms with van der Waals surface area (Å²) in [6, 6.07) is 6.83. The molecule has 2 aromatic rings. The van der Waals surface area contributed by atoms with Crippen LogP contribution in [0.1, 0.15) is 27.7 Å². The SMILES string of the molecule is COc1cccc(-c2nnc(NC(=O)[C@H](NC(=O)C(C)C)C(C)C)s2)c1. The molecule has 7 nitrogen and oxygen atoms in total. The quantitative estimate of drug-likeness (QED) is 0.775. The van der Waals surface area contributed by atoms with E-state index in [1.807, 2.05) is 38.1 Å². The number of rotatable bonds is 7. The number of carbonyl (C=O) groups excluding carboxylic acids is 2. The fraction of sp³-hybridized carbons (Fsp3) is 0.444. The molecule has 0 aliphatic rings. The molecule has 0 aliphatic heterocycles. The number of anilines is 1. The summed E-state index contributed by atoms with van der Waals surface area (Å²) in [5.41, 5.74) is 0.857. The first-order chi connectivity index (χ1) is 12.3. The molecule has 26 heavy (non-hydrogen) atoms. The number of methoxy groups -OCH3 is 1. The number of carbonyl (C=O) groups is 2.